The van der Waals surface area contributed by atoms with E-state index >= 15 is 0 Å². The van der Waals surface area contributed by atoms with E-state index in [2.05, 4.69) is 46.2 Å². The molecule has 0 unspecified atom stereocenters. The van der Waals surface area contributed by atoms with Crippen molar-refractivity contribution in [2.45, 2.75) is 38.6 Å². The highest BCUT2D eigenvalue weighted by Crippen LogP contribution is 2.42. The highest BCUT2D eigenvalue weighted by Gasteiger charge is 2.28. The highest BCUT2D eigenvalue weighted by molar-refractivity contribution is 14.1. The minimum atomic E-state index is 0.490. The van der Waals surface area contributed by atoms with Crippen molar-refractivity contribution in [3.63, 3.8) is 0 Å². The zero-order chi connectivity index (χ0) is 8.72. The van der Waals surface area contributed by atoms with Gasteiger partial charge in [-0.1, -0.05) is 0 Å². The summed E-state index contributed by atoms with van der Waals surface area (Å²) in [5, 5.41) is 4.39. The summed E-state index contributed by atoms with van der Waals surface area (Å²) >= 11 is 2.41. The van der Waals surface area contributed by atoms with Crippen LogP contribution in [0.25, 0.3) is 0 Å². The first-order valence-corrected chi connectivity index (χ1v) is 5.51. The summed E-state index contributed by atoms with van der Waals surface area (Å²) in [5.74, 6) is 0.824. The maximum absolute atomic E-state index is 4.39. The van der Waals surface area contributed by atoms with E-state index in [0.29, 0.717) is 6.04 Å². The van der Waals surface area contributed by atoms with Gasteiger partial charge >= 0.3 is 0 Å². The van der Waals surface area contributed by atoms with E-state index in [1.165, 1.54) is 22.1 Å². The fraction of sp³-hybridized carbons (Fsp3) is 0.667. The van der Waals surface area contributed by atoms with E-state index in [1.54, 1.807) is 0 Å². The zero-order valence-corrected chi connectivity index (χ0v) is 9.58. The third kappa shape index (κ3) is 1.39. The molecule has 2 rings (SSSR count). The molecule has 1 aromatic rings. The van der Waals surface area contributed by atoms with E-state index in [1.807, 2.05) is 6.20 Å². The summed E-state index contributed by atoms with van der Waals surface area (Å²) in [6.45, 7) is 4.34. The lowest BCUT2D eigenvalue weighted by atomic mass is 10.2. The molecule has 1 aliphatic carbocycles. The predicted octanol–water partition coefficient (Wildman–Crippen LogP) is 2.95. The molecule has 0 spiro atoms. The minimum absolute atomic E-state index is 0.490. The predicted molar refractivity (Wildman–Crippen MR) is 57.3 cm³/mol. The van der Waals surface area contributed by atoms with Crippen molar-refractivity contribution in [3.05, 3.63) is 15.5 Å². The zero-order valence-electron chi connectivity index (χ0n) is 7.42. The topological polar surface area (TPSA) is 17.8 Å². The van der Waals surface area contributed by atoms with E-state index < -0.39 is 0 Å². The van der Waals surface area contributed by atoms with Gasteiger partial charge in [-0.2, -0.15) is 5.10 Å². The SMILES string of the molecule is CC(C)n1ncc(C2CC2)c1I. The Labute approximate surface area is 86.5 Å². The molecule has 2 nitrogen and oxygen atoms in total. The molecule has 1 saturated carbocycles. The molecule has 1 heterocycles. The van der Waals surface area contributed by atoms with E-state index in [0.717, 1.165) is 5.92 Å². The highest BCUT2D eigenvalue weighted by atomic mass is 127. The van der Waals surface area contributed by atoms with Crippen LogP contribution in [0.3, 0.4) is 0 Å². The molecule has 0 aliphatic heterocycles. The molecule has 0 amide bonds. The molecule has 0 aromatic carbocycles. The molecule has 1 aliphatic rings. The summed E-state index contributed by atoms with van der Waals surface area (Å²) in [6.07, 6.45) is 4.76. The first-order valence-electron chi connectivity index (χ1n) is 4.43. The number of hydrogen-bond donors (Lipinski definition) is 0. The molecule has 0 radical (unpaired) electrons. The monoisotopic (exact) mass is 276 g/mol. The molecule has 3 heteroatoms. The van der Waals surface area contributed by atoms with Crippen LogP contribution >= 0.6 is 22.6 Å². The fourth-order valence-electron chi connectivity index (χ4n) is 1.39. The molecular weight excluding hydrogens is 263 g/mol. The minimum Gasteiger partial charge on any atom is -0.257 e. The molecule has 66 valence electrons. The summed E-state index contributed by atoms with van der Waals surface area (Å²) < 4.78 is 3.44. The lowest BCUT2D eigenvalue weighted by Crippen LogP contribution is -2.04. The Balaban J connectivity index is 2.33. The standard InChI is InChI=1S/C9H13IN2/c1-6(2)12-9(10)8(5-11-12)7-3-4-7/h5-7H,3-4H2,1-2H3. The Morgan fingerprint density at radius 1 is 1.58 bits per heavy atom. The summed E-state index contributed by atoms with van der Waals surface area (Å²) in [6, 6.07) is 0.490. The summed E-state index contributed by atoms with van der Waals surface area (Å²) in [5.41, 5.74) is 1.46. The number of hydrogen-bond acceptors (Lipinski definition) is 1. The molecule has 0 bridgehead atoms. The lowest BCUT2D eigenvalue weighted by Gasteiger charge is -2.06. The van der Waals surface area contributed by atoms with Gasteiger partial charge in [0.1, 0.15) is 3.70 Å². The van der Waals surface area contributed by atoms with Crippen LogP contribution in [0.2, 0.25) is 0 Å². The van der Waals surface area contributed by atoms with Crippen LogP contribution in [-0.2, 0) is 0 Å². The van der Waals surface area contributed by atoms with Crippen LogP contribution in [0, 0.1) is 3.70 Å². The first-order chi connectivity index (χ1) is 5.70. The normalized spacial score (nSPS) is 17.3. The molecule has 0 N–H and O–H groups in total. The van der Waals surface area contributed by atoms with E-state index in [-0.39, 0.29) is 0 Å². The van der Waals surface area contributed by atoms with Gasteiger partial charge in [0.2, 0.25) is 0 Å². The van der Waals surface area contributed by atoms with Crippen molar-refractivity contribution in [1.29, 1.82) is 0 Å². The Kier molecular flexibility index (Phi) is 2.14. The van der Waals surface area contributed by atoms with Crippen molar-refractivity contribution >= 4 is 22.6 Å². The second-order valence-corrected chi connectivity index (χ2v) is 4.73. The quantitative estimate of drug-likeness (QED) is 0.759. The molecular formula is C9H13IN2. The summed E-state index contributed by atoms with van der Waals surface area (Å²) in [7, 11) is 0. The third-order valence-electron chi connectivity index (χ3n) is 2.27. The lowest BCUT2D eigenvalue weighted by molar-refractivity contribution is 0.520. The number of nitrogens with zero attached hydrogens (tertiary/aromatic N) is 2. The maximum Gasteiger partial charge on any atom is 0.103 e. The first kappa shape index (κ1) is 8.53. The van der Waals surface area contributed by atoms with Crippen molar-refractivity contribution < 1.29 is 0 Å². The van der Waals surface area contributed by atoms with E-state index in [9.17, 15) is 0 Å². The Morgan fingerprint density at radius 2 is 2.25 bits per heavy atom. The van der Waals surface area contributed by atoms with Crippen LogP contribution in [0.4, 0.5) is 0 Å². The Hall–Kier alpha value is -0.0600. The maximum atomic E-state index is 4.39. The van der Waals surface area contributed by atoms with Crippen molar-refractivity contribution in [3.8, 4) is 0 Å². The second kappa shape index (κ2) is 3.01. The van der Waals surface area contributed by atoms with Crippen molar-refractivity contribution in [2.75, 3.05) is 0 Å². The summed E-state index contributed by atoms with van der Waals surface area (Å²) in [4.78, 5) is 0. The van der Waals surface area contributed by atoms with Gasteiger partial charge < -0.3 is 0 Å². The largest absolute Gasteiger partial charge is 0.257 e. The Bertz CT molecular complexity index is 267. The average Bonchev–Trinajstić information content (AvgIpc) is 2.75. The average molecular weight is 276 g/mol. The molecule has 0 atom stereocenters. The molecule has 1 fully saturated rings. The van der Waals surface area contributed by atoms with Crippen LogP contribution in [0.15, 0.2) is 6.20 Å². The number of halogens is 1. The Morgan fingerprint density at radius 3 is 2.67 bits per heavy atom. The molecule has 1 aromatic heterocycles. The van der Waals surface area contributed by atoms with Gasteiger partial charge in [0, 0.05) is 11.6 Å². The van der Waals surface area contributed by atoms with Crippen LogP contribution in [0.5, 0.6) is 0 Å². The van der Waals surface area contributed by atoms with Gasteiger partial charge in [-0.25, -0.2) is 0 Å². The van der Waals surface area contributed by atoms with Gasteiger partial charge in [0.25, 0.3) is 0 Å². The van der Waals surface area contributed by atoms with Crippen molar-refractivity contribution in [2.24, 2.45) is 0 Å². The molecule has 0 saturated heterocycles. The van der Waals surface area contributed by atoms with Crippen LogP contribution < -0.4 is 0 Å². The van der Waals surface area contributed by atoms with Gasteiger partial charge in [-0.3, -0.25) is 4.68 Å². The number of aromatic nitrogens is 2. The van der Waals surface area contributed by atoms with Gasteiger partial charge in [0.05, 0.1) is 6.20 Å². The van der Waals surface area contributed by atoms with Gasteiger partial charge in [-0.15, -0.1) is 0 Å². The van der Waals surface area contributed by atoms with Gasteiger partial charge in [-0.05, 0) is 55.2 Å². The van der Waals surface area contributed by atoms with Gasteiger partial charge in [0.15, 0.2) is 0 Å². The third-order valence-corrected chi connectivity index (χ3v) is 3.38. The van der Waals surface area contributed by atoms with Crippen LogP contribution in [0.1, 0.15) is 44.2 Å². The number of rotatable bonds is 2. The second-order valence-electron chi connectivity index (χ2n) is 3.70. The smallest absolute Gasteiger partial charge is 0.103 e. The molecule has 12 heavy (non-hydrogen) atoms. The van der Waals surface area contributed by atoms with Crippen LogP contribution in [-0.4, -0.2) is 9.78 Å². The van der Waals surface area contributed by atoms with E-state index in [4.69, 9.17) is 0 Å². The van der Waals surface area contributed by atoms with Crippen molar-refractivity contribution in [1.82, 2.24) is 9.78 Å². The fourth-order valence-corrected chi connectivity index (χ4v) is 2.65.